The smallest absolute Gasteiger partial charge is 0.0474 e. The van der Waals surface area contributed by atoms with Crippen LogP contribution >= 0.6 is 21.5 Å². The highest BCUT2D eigenvalue weighted by Crippen LogP contribution is 2.06. The first-order chi connectivity index (χ1) is 4.86. The number of hydrogen-bond acceptors (Lipinski definition) is 0. The van der Waals surface area contributed by atoms with E-state index in [0.29, 0.717) is 5.88 Å². The van der Waals surface area contributed by atoms with Gasteiger partial charge in [-0.05, 0) is 11.1 Å². The second-order valence-corrected chi connectivity index (χ2v) is 2.35. The van der Waals surface area contributed by atoms with Gasteiger partial charge in [-0.25, -0.2) is 0 Å². The van der Waals surface area contributed by atoms with Crippen molar-refractivity contribution in [3.05, 3.63) is 42.0 Å². The Morgan fingerprint density at radius 3 is 2.18 bits per heavy atom. The van der Waals surface area contributed by atoms with Crippen LogP contribution in [0.1, 0.15) is 11.1 Å². The highest BCUT2D eigenvalue weighted by Gasteiger charge is 1.87. The molecule has 0 saturated carbocycles. The summed E-state index contributed by atoms with van der Waals surface area (Å²) in [6, 6.07) is 8.02. The second kappa shape index (κ2) is 5.35. The molecule has 0 fully saturated rings. The van der Waals surface area contributed by atoms with Crippen LogP contribution < -0.4 is 0 Å². The van der Waals surface area contributed by atoms with Gasteiger partial charge in [-0.2, -0.15) is 9.90 Å². The molecular formula is C9H12ClP. The highest BCUT2D eigenvalue weighted by atomic mass is 35.5. The van der Waals surface area contributed by atoms with E-state index in [1.807, 2.05) is 30.3 Å². The van der Waals surface area contributed by atoms with Crippen molar-refractivity contribution in [1.29, 1.82) is 0 Å². The van der Waals surface area contributed by atoms with E-state index in [-0.39, 0.29) is 9.90 Å². The van der Waals surface area contributed by atoms with Gasteiger partial charge in [-0.15, -0.1) is 11.6 Å². The molecule has 0 radical (unpaired) electrons. The summed E-state index contributed by atoms with van der Waals surface area (Å²) in [6.45, 7) is 3.65. The topological polar surface area (TPSA) is 0 Å². The molecule has 0 heterocycles. The predicted molar refractivity (Wildman–Crippen MR) is 57.2 cm³/mol. The lowest BCUT2D eigenvalue weighted by molar-refractivity contribution is 1.40. The van der Waals surface area contributed by atoms with Crippen LogP contribution in [0.2, 0.25) is 0 Å². The first-order valence-electron chi connectivity index (χ1n) is 3.14. The molecule has 1 unspecified atom stereocenters. The lowest BCUT2D eigenvalue weighted by Crippen LogP contribution is -1.76. The maximum Gasteiger partial charge on any atom is 0.0474 e. The zero-order valence-electron chi connectivity index (χ0n) is 6.39. The Labute approximate surface area is 75.9 Å². The van der Waals surface area contributed by atoms with Crippen LogP contribution in [-0.2, 0) is 5.88 Å². The summed E-state index contributed by atoms with van der Waals surface area (Å²) in [5.74, 6) is 0.581. The van der Waals surface area contributed by atoms with E-state index in [0.717, 1.165) is 11.1 Å². The van der Waals surface area contributed by atoms with E-state index in [1.54, 1.807) is 0 Å². The van der Waals surface area contributed by atoms with E-state index >= 15 is 0 Å². The van der Waals surface area contributed by atoms with Crippen molar-refractivity contribution in [2.24, 2.45) is 0 Å². The minimum atomic E-state index is 0. The molecule has 0 aliphatic rings. The molecule has 2 heteroatoms. The first kappa shape index (κ1) is 10.7. The predicted octanol–water partition coefficient (Wildman–Crippen LogP) is 3.13. The van der Waals surface area contributed by atoms with Gasteiger partial charge in [0.1, 0.15) is 0 Å². The Balaban J connectivity index is 0.000001000. The quantitative estimate of drug-likeness (QED) is 0.492. The molecule has 1 aromatic rings. The summed E-state index contributed by atoms with van der Waals surface area (Å²) in [7, 11) is 0. The zero-order chi connectivity index (χ0) is 7.40. The number of rotatable bonds is 2. The van der Waals surface area contributed by atoms with Crippen LogP contribution in [0.4, 0.5) is 0 Å². The Hall–Kier alpha value is -0.320. The summed E-state index contributed by atoms with van der Waals surface area (Å²) in [6.07, 6.45) is 1.82. The van der Waals surface area contributed by atoms with Crippen LogP contribution in [0.25, 0.3) is 6.08 Å². The van der Waals surface area contributed by atoms with Gasteiger partial charge in [-0.1, -0.05) is 36.9 Å². The van der Waals surface area contributed by atoms with Gasteiger partial charge >= 0.3 is 0 Å². The molecule has 0 N–H and O–H groups in total. The largest absolute Gasteiger partial charge is 0.153 e. The minimum absolute atomic E-state index is 0. The van der Waals surface area contributed by atoms with Gasteiger partial charge in [0.25, 0.3) is 0 Å². The fourth-order valence-corrected chi connectivity index (χ4v) is 0.921. The van der Waals surface area contributed by atoms with Crippen molar-refractivity contribution in [1.82, 2.24) is 0 Å². The van der Waals surface area contributed by atoms with Crippen molar-refractivity contribution >= 4 is 27.6 Å². The Kier molecular flexibility index (Phi) is 5.19. The minimum Gasteiger partial charge on any atom is -0.153 e. The van der Waals surface area contributed by atoms with Gasteiger partial charge in [-0.3, -0.25) is 0 Å². The maximum atomic E-state index is 5.60. The SMILES string of the molecule is C=Cc1ccc(CCl)cc1.P. The Morgan fingerprint density at radius 1 is 1.27 bits per heavy atom. The molecule has 1 rings (SSSR count). The molecule has 0 aliphatic heterocycles. The molecule has 0 bridgehead atoms. The van der Waals surface area contributed by atoms with Gasteiger partial charge in [0.15, 0.2) is 0 Å². The van der Waals surface area contributed by atoms with Gasteiger partial charge in [0, 0.05) is 5.88 Å². The summed E-state index contributed by atoms with van der Waals surface area (Å²) in [5.41, 5.74) is 2.28. The summed E-state index contributed by atoms with van der Waals surface area (Å²) >= 11 is 5.60. The summed E-state index contributed by atoms with van der Waals surface area (Å²) in [5, 5.41) is 0. The standard InChI is InChI=1S/C9H9Cl.H3P/c1-2-8-3-5-9(7-10)6-4-8;/h2-6H,1,7H2;1H3. The molecule has 0 saturated heterocycles. The Bertz CT molecular complexity index is 216. The van der Waals surface area contributed by atoms with Crippen LogP contribution in [0.5, 0.6) is 0 Å². The Morgan fingerprint density at radius 2 is 1.82 bits per heavy atom. The van der Waals surface area contributed by atoms with Crippen LogP contribution in [-0.4, -0.2) is 0 Å². The zero-order valence-corrected chi connectivity index (χ0v) is 8.56. The van der Waals surface area contributed by atoms with Gasteiger partial charge in [0.05, 0.1) is 0 Å². The van der Waals surface area contributed by atoms with Crippen molar-refractivity contribution in [3.63, 3.8) is 0 Å². The molecule has 1 atom stereocenters. The van der Waals surface area contributed by atoms with Crippen LogP contribution in [0.15, 0.2) is 30.8 Å². The van der Waals surface area contributed by atoms with Crippen molar-refractivity contribution < 1.29 is 0 Å². The summed E-state index contributed by atoms with van der Waals surface area (Å²) < 4.78 is 0. The number of halogens is 1. The monoisotopic (exact) mass is 186 g/mol. The van der Waals surface area contributed by atoms with Crippen LogP contribution in [0.3, 0.4) is 0 Å². The van der Waals surface area contributed by atoms with E-state index in [4.69, 9.17) is 11.6 Å². The highest BCUT2D eigenvalue weighted by molar-refractivity contribution is 6.92. The third kappa shape index (κ3) is 3.05. The van der Waals surface area contributed by atoms with Crippen molar-refractivity contribution in [2.75, 3.05) is 0 Å². The van der Waals surface area contributed by atoms with E-state index in [2.05, 4.69) is 6.58 Å². The van der Waals surface area contributed by atoms with E-state index < -0.39 is 0 Å². The van der Waals surface area contributed by atoms with Gasteiger partial charge < -0.3 is 0 Å². The first-order valence-corrected chi connectivity index (χ1v) is 3.67. The molecule has 0 nitrogen and oxygen atoms in total. The molecule has 60 valence electrons. The second-order valence-electron chi connectivity index (χ2n) is 2.08. The van der Waals surface area contributed by atoms with Crippen molar-refractivity contribution in [3.8, 4) is 0 Å². The lowest BCUT2D eigenvalue weighted by Gasteiger charge is -1.94. The molecular weight excluding hydrogens is 175 g/mol. The van der Waals surface area contributed by atoms with Gasteiger partial charge in [0.2, 0.25) is 0 Å². The van der Waals surface area contributed by atoms with E-state index in [9.17, 15) is 0 Å². The van der Waals surface area contributed by atoms with Crippen LogP contribution in [0, 0.1) is 0 Å². The molecule has 0 amide bonds. The average Bonchev–Trinajstić information content (AvgIpc) is 2.05. The molecule has 0 aliphatic carbocycles. The lowest BCUT2D eigenvalue weighted by atomic mass is 10.1. The third-order valence-corrected chi connectivity index (χ3v) is 1.68. The fourth-order valence-electron chi connectivity index (χ4n) is 0.743. The summed E-state index contributed by atoms with van der Waals surface area (Å²) in [4.78, 5) is 0. The third-order valence-electron chi connectivity index (χ3n) is 1.37. The maximum absolute atomic E-state index is 5.60. The molecule has 11 heavy (non-hydrogen) atoms. The van der Waals surface area contributed by atoms with E-state index in [1.165, 1.54) is 0 Å². The molecule has 0 spiro atoms. The molecule has 1 aromatic carbocycles. The van der Waals surface area contributed by atoms with Crippen molar-refractivity contribution in [2.45, 2.75) is 5.88 Å². The molecule has 0 aromatic heterocycles. The normalized spacial score (nSPS) is 8.45. The average molecular weight is 187 g/mol. The fraction of sp³-hybridized carbons (Fsp3) is 0.111. The number of hydrogen-bond donors (Lipinski definition) is 0. The number of alkyl halides is 1. The number of benzene rings is 1.